The van der Waals surface area contributed by atoms with Crippen molar-refractivity contribution in [2.24, 2.45) is 11.8 Å². The molecule has 2 rings (SSSR count). The number of hydrogen-bond acceptors (Lipinski definition) is 4. The van der Waals surface area contributed by atoms with E-state index >= 15 is 0 Å². The second kappa shape index (κ2) is 6.85. The zero-order valence-corrected chi connectivity index (χ0v) is 14.2. The van der Waals surface area contributed by atoms with Crippen LogP contribution >= 0.6 is 11.8 Å². The molecule has 0 radical (unpaired) electrons. The Morgan fingerprint density at radius 3 is 2.48 bits per heavy atom. The summed E-state index contributed by atoms with van der Waals surface area (Å²) in [7, 11) is -3.56. The number of carboxylic acid groups (broad SMARTS) is 1. The minimum absolute atomic E-state index is 0.120. The molecule has 2 aliphatic heterocycles. The fourth-order valence-electron chi connectivity index (χ4n) is 3.25. The lowest BCUT2D eigenvalue weighted by Crippen LogP contribution is -2.55. The lowest BCUT2D eigenvalue weighted by molar-refractivity contribution is -0.137. The van der Waals surface area contributed by atoms with Crippen LogP contribution in [0.1, 0.15) is 26.7 Å². The van der Waals surface area contributed by atoms with Gasteiger partial charge >= 0.3 is 5.97 Å². The maximum atomic E-state index is 12.9. The molecule has 0 aromatic heterocycles. The van der Waals surface area contributed by atoms with Gasteiger partial charge in [-0.25, -0.2) is 0 Å². The summed E-state index contributed by atoms with van der Waals surface area (Å²) in [5.74, 6) is 1.04. The summed E-state index contributed by atoms with van der Waals surface area (Å²) < 4.78 is 28.7. The second-order valence-corrected chi connectivity index (χ2v) is 9.24. The highest BCUT2D eigenvalue weighted by Gasteiger charge is 2.40. The van der Waals surface area contributed by atoms with Gasteiger partial charge in [-0.05, 0) is 18.3 Å². The van der Waals surface area contributed by atoms with Crippen LogP contribution in [0, 0.1) is 11.8 Å². The van der Waals surface area contributed by atoms with Gasteiger partial charge in [-0.1, -0.05) is 13.8 Å². The molecule has 8 heteroatoms. The first-order chi connectivity index (χ1) is 9.80. The van der Waals surface area contributed by atoms with Crippen LogP contribution in [0.5, 0.6) is 0 Å². The van der Waals surface area contributed by atoms with E-state index < -0.39 is 22.2 Å². The van der Waals surface area contributed by atoms with Gasteiger partial charge in [-0.2, -0.15) is 28.8 Å². The Labute approximate surface area is 131 Å². The number of rotatable bonds is 4. The molecular formula is C13H24N2O4S2. The first kappa shape index (κ1) is 17.1. The van der Waals surface area contributed by atoms with Crippen molar-refractivity contribution in [2.45, 2.75) is 32.7 Å². The second-order valence-electron chi connectivity index (χ2n) is 6.21. The molecule has 0 bridgehead atoms. The Bertz CT molecular complexity index is 473. The molecule has 2 saturated heterocycles. The van der Waals surface area contributed by atoms with Crippen LogP contribution in [0.4, 0.5) is 0 Å². The maximum Gasteiger partial charge on any atom is 0.305 e. The third-order valence-corrected chi connectivity index (χ3v) is 7.16. The van der Waals surface area contributed by atoms with E-state index in [0.717, 1.165) is 12.2 Å². The van der Waals surface area contributed by atoms with Gasteiger partial charge < -0.3 is 5.11 Å². The van der Waals surface area contributed by atoms with Crippen LogP contribution in [0.2, 0.25) is 0 Å². The van der Waals surface area contributed by atoms with Gasteiger partial charge in [-0.15, -0.1) is 0 Å². The SMILES string of the molecule is CC1CC(C)CN(S(=O)(=O)N2CCSCC2CC(=O)O)C1. The van der Waals surface area contributed by atoms with Crippen LogP contribution in [-0.4, -0.2) is 65.3 Å². The number of thioether (sulfide) groups is 1. The van der Waals surface area contributed by atoms with Crippen LogP contribution in [-0.2, 0) is 15.0 Å². The largest absolute Gasteiger partial charge is 0.481 e. The average molecular weight is 336 g/mol. The quantitative estimate of drug-likeness (QED) is 0.832. The molecule has 0 aliphatic carbocycles. The van der Waals surface area contributed by atoms with Crippen LogP contribution < -0.4 is 0 Å². The highest BCUT2D eigenvalue weighted by atomic mass is 32.2. The molecular weight excluding hydrogens is 312 g/mol. The van der Waals surface area contributed by atoms with Crippen molar-refractivity contribution < 1.29 is 18.3 Å². The Morgan fingerprint density at radius 2 is 1.90 bits per heavy atom. The van der Waals surface area contributed by atoms with Gasteiger partial charge in [0.2, 0.25) is 0 Å². The molecule has 3 atom stereocenters. The smallest absolute Gasteiger partial charge is 0.305 e. The summed E-state index contributed by atoms with van der Waals surface area (Å²) in [5.41, 5.74) is 0. The molecule has 122 valence electrons. The monoisotopic (exact) mass is 336 g/mol. The van der Waals surface area contributed by atoms with Crippen molar-refractivity contribution in [3.63, 3.8) is 0 Å². The van der Waals surface area contributed by atoms with E-state index in [9.17, 15) is 13.2 Å². The van der Waals surface area contributed by atoms with Crippen molar-refractivity contribution in [1.29, 1.82) is 0 Å². The summed E-state index contributed by atoms with van der Waals surface area (Å²) in [6.45, 7) is 5.62. The molecule has 2 aliphatic rings. The highest BCUT2D eigenvalue weighted by Crippen LogP contribution is 2.28. The zero-order chi connectivity index (χ0) is 15.6. The van der Waals surface area contributed by atoms with Gasteiger partial charge in [0, 0.05) is 37.2 Å². The fraction of sp³-hybridized carbons (Fsp3) is 0.923. The first-order valence-electron chi connectivity index (χ1n) is 7.37. The molecule has 0 aromatic rings. The van der Waals surface area contributed by atoms with Crippen LogP contribution in [0.25, 0.3) is 0 Å². The van der Waals surface area contributed by atoms with Crippen LogP contribution in [0.15, 0.2) is 0 Å². The summed E-state index contributed by atoms with van der Waals surface area (Å²) in [5, 5.41) is 9.00. The number of nitrogens with zero attached hydrogens (tertiary/aromatic N) is 2. The Hall–Kier alpha value is -0.310. The molecule has 0 amide bonds. The standard InChI is InChI=1S/C13H24N2O4S2/c1-10-5-11(2)8-14(7-10)21(18,19)15-3-4-20-9-12(15)6-13(16)17/h10-12H,3-9H2,1-2H3,(H,16,17). The van der Waals surface area contributed by atoms with Crippen molar-refractivity contribution >= 4 is 27.9 Å². The third kappa shape index (κ3) is 4.12. The maximum absolute atomic E-state index is 12.9. The van der Waals surface area contributed by atoms with E-state index in [1.807, 2.05) is 0 Å². The molecule has 6 nitrogen and oxygen atoms in total. The molecule has 2 heterocycles. The Kier molecular flexibility index (Phi) is 5.56. The molecule has 0 spiro atoms. The predicted octanol–water partition coefficient (Wildman–Crippen LogP) is 1.10. The molecule has 2 fully saturated rings. The summed E-state index contributed by atoms with van der Waals surface area (Å²) in [6.07, 6.45) is 0.922. The van der Waals surface area contributed by atoms with E-state index in [1.54, 1.807) is 16.1 Å². The number of piperidine rings is 1. The molecule has 0 aromatic carbocycles. The summed E-state index contributed by atoms with van der Waals surface area (Å²) in [6, 6.07) is -0.432. The Morgan fingerprint density at radius 1 is 1.29 bits per heavy atom. The van der Waals surface area contributed by atoms with Gasteiger partial charge in [0.25, 0.3) is 10.2 Å². The first-order valence-corrected chi connectivity index (χ1v) is 9.92. The zero-order valence-electron chi connectivity index (χ0n) is 12.6. The van der Waals surface area contributed by atoms with Crippen molar-refractivity contribution in [3.05, 3.63) is 0 Å². The molecule has 21 heavy (non-hydrogen) atoms. The van der Waals surface area contributed by atoms with Gasteiger partial charge in [0.15, 0.2) is 0 Å². The number of carboxylic acids is 1. The lowest BCUT2D eigenvalue weighted by Gasteiger charge is -2.41. The minimum Gasteiger partial charge on any atom is -0.481 e. The van der Waals surface area contributed by atoms with Gasteiger partial charge in [0.1, 0.15) is 0 Å². The Balaban J connectivity index is 2.17. The number of carbonyl (C=O) groups is 1. The molecule has 0 saturated carbocycles. The molecule has 3 unspecified atom stereocenters. The van der Waals surface area contributed by atoms with E-state index in [4.69, 9.17) is 5.11 Å². The number of hydrogen-bond donors (Lipinski definition) is 1. The summed E-state index contributed by atoms with van der Waals surface area (Å²) >= 11 is 1.62. The van der Waals surface area contributed by atoms with E-state index in [1.165, 1.54) is 4.31 Å². The average Bonchev–Trinajstić information content (AvgIpc) is 2.37. The van der Waals surface area contributed by atoms with E-state index in [-0.39, 0.29) is 6.42 Å². The van der Waals surface area contributed by atoms with Crippen molar-refractivity contribution in [2.75, 3.05) is 31.1 Å². The fourth-order valence-corrected chi connectivity index (χ4v) is 6.55. The number of aliphatic carboxylic acids is 1. The predicted molar refractivity (Wildman–Crippen MR) is 83.5 cm³/mol. The summed E-state index contributed by atoms with van der Waals surface area (Å²) in [4.78, 5) is 11.0. The highest BCUT2D eigenvalue weighted by molar-refractivity contribution is 7.99. The normalized spacial score (nSPS) is 33.0. The topological polar surface area (TPSA) is 77.9 Å². The lowest BCUT2D eigenvalue weighted by atomic mass is 9.94. The van der Waals surface area contributed by atoms with Gasteiger partial charge in [0.05, 0.1) is 6.42 Å². The molecule has 1 N–H and O–H groups in total. The third-order valence-electron chi connectivity index (χ3n) is 4.04. The van der Waals surface area contributed by atoms with Gasteiger partial charge in [-0.3, -0.25) is 4.79 Å². The van der Waals surface area contributed by atoms with Crippen molar-refractivity contribution in [3.8, 4) is 0 Å². The van der Waals surface area contributed by atoms with E-state index in [2.05, 4.69) is 13.8 Å². The van der Waals surface area contributed by atoms with Crippen LogP contribution in [0.3, 0.4) is 0 Å². The minimum atomic E-state index is -3.56. The van der Waals surface area contributed by atoms with E-state index in [0.29, 0.717) is 37.2 Å². The van der Waals surface area contributed by atoms with Crippen molar-refractivity contribution in [1.82, 2.24) is 8.61 Å².